The van der Waals surface area contributed by atoms with Gasteiger partial charge in [0.15, 0.2) is 0 Å². The molecule has 0 atom stereocenters. The van der Waals surface area contributed by atoms with Crippen LogP contribution in [0.25, 0.3) is 0 Å². The van der Waals surface area contributed by atoms with E-state index in [2.05, 4.69) is 5.32 Å². The van der Waals surface area contributed by atoms with Crippen molar-refractivity contribution in [3.8, 4) is 0 Å². The second-order valence-electron chi connectivity index (χ2n) is 9.61. The summed E-state index contributed by atoms with van der Waals surface area (Å²) in [7, 11) is -3.51. The number of carbonyl (C=O) groups is 3. The third-order valence-electron chi connectivity index (χ3n) is 6.21. The van der Waals surface area contributed by atoms with E-state index in [1.807, 2.05) is 60.7 Å². The van der Waals surface area contributed by atoms with E-state index in [4.69, 9.17) is 14.2 Å². The monoisotopic (exact) mass is 559 g/mol. The zero-order chi connectivity index (χ0) is 28.2. The van der Waals surface area contributed by atoms with Crippen molar-refractivity contribution in [2.75, 3.05) is 12.7 Å². The van der Waals surface area contributed by atoms with E-state index >= 15 is 0 Å². The first kappa shape index (κ1) is 32.4. The van der Waals surface area contributed by atoms with E-state index in [1.54, 1.807) is 0 Å². The molecule has 0 aliphatic heterocycles. The molecular formula is C30H42NO7P. The number of amides is 1. The fourth-order valence-electron chi connectivity index (χ4n) is 3.92. The zero-order valence-electron chi connectivity index (χ0n) is 22.7. The number of carboxylic acids is 1. The van der Waals surface area contributed by atoms with Crippen LogP contribution in [0.2, 0.25) is 0 Å². The second kappa shape index (κ2) is 19.3. The molecule has 0 radical (unpaired) electrons. The average molecular weight is 560 g/mol. The Balaban J connectivity index is 1.62. The number of rotatable bonds is 22. The molecule has 0 fully saturated rings. The maximum atomic E-state index is 13.4. The number of ketones is 1. The van der Waals surface area contributed by atoms with Gasteiger partial charge in [-0.15, -0.1) is 0 Å². The molecule has 8 nitrogen and oxygen atoms in total. The molecule has 0 spiro atoms. The van der Waals surface area contributed by atoms with Crippen LogP contribution in [-0.4, -0.2) is 35.5 Å². The van der Waals surface area contributed by atoms with E-state index < -0.39 is 13.6 Å². The van der Waals surface area contributed by atoms with Gasteiger partial charge < -0.3 is 19.5 Å². The van der Waals surface area contributed by atoms with Gasteiger partial charge in [0, 0.05) is 32.2 Å². The molecule has 0 aliphatic carbocycles. The van der Waals surface area contributed by atoms with Gasteiger partial charge >= 0.3 is 13.6 Å². The lowest BCUT2D eigenvalue weighted by atomic mass is 10.0. The van der Waals surface area contributed by atoms with Gasteiger partial charge in [0.05, 0.1) is 19.4 Å². The molecule has 214 valence electrons. The van der Waals surface area contributed by atoms with Gasteiger partial charge in [-0.2, -0.15) is 0 Å². The number of carbonyl (C=O) groups excluding carboxylic acids is 2. The number of unbranched alkanes of at least 4 members (excludes halogenated alkanes) is 5. The van der Waals surface area contributed by atoms with Gasteiger partial charge in [-0.25, -0.2) is 0 Å². The Morgan fingerprint density at radius 2 is 1.15 bits per heavy atom. The minimum atomic E-state index is -3.51. The van der Waals surface area contributed by atoms with Crippen LogP contribution in [0.3, 0.4) is 0 Å². The molecule has 0 aliphatic rings. The summed E-state index contributed by atoms with van der Waals surface area (Å²) in [4.78, 5) is 34.8. The van der Waals surface area contributed by atoms with E-state index in [0.717, 1.165) is 49.7 Å². The summed E-state index contributed by atoms with van der Waals surface area (Å²) in [6, 6.07) is 18.8. The van der Waals surface area contributed by atoms with Crippen molar-refractivity contribution >= 4 is 25.3 Å². The van der Waals surface area contributed by atoms with E-state index in [-0.39, 0.29) is 43.9 Å². The third-order valence-corrected chi connectivity index (χ3v) is 8.02. The third kappa shape index (κ3) is 16.0. The predicted octanol–water partition coefficient (Wildman–Crippen LogP) is 6.67. The zero-order valence-corrected chi connectivity index (χ0v) is 23.6. The predicted molar refractivity (Wildman–Crippen MR) is 151 cm³/mol. The highest BCUT2D eigenvalue weighted by Gasteiger charge is 2.26. The first-order chi connectivity index (χ1) is 18.9. The van der Waals surface area contributed by atoms with Crippen molar-refractivity contribution in [1.82, 2.24) is 5.32 Å². The van der Waals surface area contributed by atoms with Crippen molar-refractivity contribution in [2.45, 2.75) is 83.8 Å². The van der Waals surface area contributed by atoms with Crippen LogP contribution in [0.15, 0.2) is 60.7 Å². The second-order valence-corrected chi connectivity index (χ2v) is 11.8. The number of benzene rings is 2. The Morgan fingerprint density at radius 3 is 1.67 bits per heavy atom. The molecule has 9 heteroatoms. The van der Waals surface area contributed by atoms with Crippen LogP contribution in [0.1, 0.15) is 81.8 Å². The lowest BCUT2D eigenvalue weighted by Gasteiger charge is -2.19. The molecule has 2 aromatic rings. The summed E-state index contributed by atoms with van der Waals surface area (Å²) >= 11 is 0. The highest BCUT2D eigenvalue weighted by Crippen LogP contribution is 2.50. The van der Waals surface area contributed by atoms with Crippen molar-refractivity contribution in [3.05, 3.63) is 71.8 Å². The minimum Gasteiger partial charge on any atom is -0.481 e. The SMILES string of the molecule is O=C(O)CCCCCCC(=O)CCCCCNC(=O)CCP(=O)(OCc1ccccc1)OCc1ccccc1. The van der Waals surface area contributed by atoms with Gasteiger partial charge in [0.2, 0.25) is 5.91 Å². The Hall–Kier alpha value is -2.80. The first-order valence-corrected chi connectivity index (χ1v) is 15.6. The summed E-state index contributed by atoms with van der Waals surface area (Å²) in [5.41, 5.74) is 1.75. The standard InChI is InChI=1S/C30H42NO7P/c32-28(18-10-1-2-12-20-30(34)35)19-11-5-13-22-31-29(33)21-23-39(36,37-24-26-14-6-3-7-15-26)38-25-27-16-8-4-9-17-27/h3-4,6-9,14-17H,1-2,5,10-13,18-25H2,(H,31,33)(H,34,35). The largest absolute Gasteiger partial charge is 0.481 e. The van der Waals surface area contributed by atoms with Crippen LogP contribution in [0, 0.1) is 0 Å². The molecule has 0 aromatic heterocycles. The summed E-state index contributed by atoms with van der Waals surface area (Å²) in [5.74, 6) is -0.747. The highest BCUT2D eigenvalue weighted by atomic mass is 31.2. The molecule has 0 saturated carbocycles. The Morgan fingerprint density at radius 1 is 0.667 bits per heavy atom. The summed E-state index contributed by atoms with van der Waals surface area (Å²) in [6.07, 6.45) is 6.86. The van der Waals surface area contributed by atoms with Crippen LogP contribution in [0.4, 0.5) is 0 Å². The van der Waals surface area contributed by atoms with E-state index in [1.165, 1.54) is 0 Å². The van der Waals surface area contributed by atoms with Crippen LogP contribution < -0.4 is 5.32 Å². The lowest BCUT2D eigenvalue weighted by Crippen LogP contribution is -2.25. The number of hydrogen-bond donors (Lipinski definition) is 2. The number of Topliss-reactive ketones (excluding diaryl/α,β-unsaturated/α-hetero) is 1. The molecule has 2 aromatic carbocycles. The van der Waals surface area contributed by atoms with Gasteiger partial charge in [-0.05, 0) is 36.8 Å². The van der Waals surface area contributed by atoms with E-state index in [0.29, 0.717) is 25.8 Å². The fourth-order valence-corrected chi connectivity index (χ4v) is 5.42. The van der Waals surface area contributed by atoms with Crippen molar-refractivity contribution in [3.63, 3.8) is 0 Å². The van der Waals surface area contributed by atoms with Gasteiger partial charge in [-0.1, -0.05) is 79.9 Å². The van der Waals surface area contributed by atoms with Gasteiger partial charge in [-0.3, -0.25) is 18.9 Å². The maximum absolute atomic E-state index is 13.4. The Kier molecular flexibility index (Phi) is 16.0. The molecule has 1 amide bonds. The summed E-state index contributed by atoms with van der Waals surface area (Å²) < 4.78 is 24.9. The van der Waals surface area contributed by atoms with E-state index in [9.17, 15) is 18.9 Å². The Bertz CT molecular complexity index is 983. The maximum Gasteiger partial charge on any atom is 0.331 e. The fraction of sp³-hybridized carbons (Fsp3) is 0.500. The first-order valence-electron chi connectivity index (χ1n) is 13.8. The average Bonchev–Trinajstić information content (AvgIpc) is 2.94. The molecular weight excluding hydrogens is 517 g/mol. The topological polar surface area (TPSA) is 119 Å². The van der Waals surface area contributed by atoms with Gasteiger partial charge in [0.1, 0.15) is 5.78 Å². The van der Waals surface area contributed by atoms with Crippen LogP contribution >= 0.6 is 7.60 Å². The lowest BCUT2D eigenvalue weighted by molar-refractivity contribution is -0.137. The number of aliphatic carboxylic acids is 1. The number of carboxylic acid groups (broad SMARTS) is 1. The number of nitrogens with one attached hydrogen (secondary N) is 1. The molecule has 39 heavy (non-hydrogen) atoms. The van der Waals surface area contributed by atoms with Crippen molar-refractivity contribution in [2.24, 2.45) is 0 Å². The quantitative estimate of drug-likeness (QED) is 0.122. The van der Waals surface area contributed by atoms with Crippen LogP contribution in [-0.2, 0) is 41.2 Å². The summed E-state index contributed by atoms with van der Waals surface area (Å²) in [5, 5.41) is 11.5. The smallest absolute Gasteiger partial charge is 0.331 e. The van der Waals surface area contributed by atoms with Gasteiger partial charge in [0.25, 0.3) is 0 Å². The molecule has 2 N–H and O–H groups in total. The molecule has 0 bridgehead atoms. The molecule has 0 saturated heterocycles. The van der Waals surface area contributed by atoms with Crippen molar-refractivity contribution < 1.29 is 33.1 Å². The molecule has 0 unspecified atom stereocenters. The highest BCUT2D eigenvalue weighted by molar-refractivity contribution is 7.53. The normalized spacial score (nSPS) is 11.3. The summed E-state index contributed by atoms with van der Waals surface area (Å²) in [6.45, 7) is 0.770. The Labute approximate surface area is 232 Å². The minimum absolute atomic E-state index is 0.0106. The molecule has 2 rings (SSSR count). The number of hydrogen-bond acceptors (Lipinski definition) is 6. The molecule has 0 heterocycles. The van der Waals surface area contributed by atoms with Crippen molar-refractivity contribution in [1.29, 1.82) is 0 Å². The van der Waals surface area contributed by atoms with Crippen LogP contribution in [0.5, 0.6) is 0 Å².